The molecule has 248 valence electrons. The average molecular weight is 661 g/mol. The highest BCUT2D eigenvalue weighted by atomic mass is 19.3. The molecule has 1 fully saturated rings. The monoisotopic (exact) mass is 660 g/mol. The van der Waals surface area contributed by atoms with Crippen molar-refractivity contribution >= 4 is 0 Å². The van der Waals surface area contributed by atoms with Gasteiger partial charge in [0.15, 0.2) is 23.7 Å². The summed E-state index contributed by atoms with van der Waals surface area (Å²) in [5.41, 5.74) is -0.522. The zero-order valence-electron chi connectivity index (χ0n) is 25.5. The van der Waals surface area contributed by atoms with E-state index in [0.717, 1.165) is 24.5 Å². The molecule has 0 atom stereocenters. The first-order chi connectivity index (χ1) is 22.5. The van der Waals surface area contributed by atoms with Gasteiger partial charge < -0.3 is 18.9 Å². The lowest BCUT2D eigenvalue weighted by Crippen LogP contribution is -2.27. The molecule has 1 heterocycles. The Kier molecular flexibility index (Phi) is 10.6. The van der Waals surface area contributed by atoms with Crippen molar-refractivity contribution in [3.63, 3.8) is 0 Å². The standard InChI is InChI=1S/C36H31F7O4/c1-3-5-6-7-21-19-45-35(46-20-21)23-10-8-22(9-11-23)24-12-13-27(28(37)14-24)25-15-29(38)33(30(39)16-25)36(42,43)47-26-17-31(40)34(44-4-2)32(41)18-26/h3,5,8-18,21,35H,4,6-7,19-20H2,1-2H3. The maximum absolute atomic E-state index is 15.2. The van der Waals surface area contributed by atoms with Crippen molar-refractivity contribution in [2.75, 3.05) is 19.8 Å². The number of rotatable bonds is 11. The van der Waals surface area contributed by atoms with Gasteiger partial charge in [0.1, 0.15) is 28.8 Å². The zero-order valence-corrected chi connectivity index (χ0v) is 25.5. The van der Waals surface area contributed by atoms with Gasteiger partial charge in [-0.3, -0.25) is 0 Å². The summed E-state index contributed by atoms with van der Waals surface area (Å²) in [7, 11) is 0. The SMILES string of the molecule is CC=CCCC1COC(c2ccc(-c3ccc(-c4cc(F)c(C(F)(F)Oc5cc(F)c(OCC)c(F)c5)c(F)c4)c(F)c3)cc2)OC1. The molecule has 0 N–H and O–H groups in total. The van der Waals surface area contributed by atoms with Gasteiger partial charge in [0.25, 0.3) is 0 Å². The number of hydrogen-bond donors (Lipinski definition) is 0. The van der Waals surface area contributed by atoms with Gasteiger partial charge in [-0.2, -0.15) is 8.78 Å². The Bertz CT molecular complexity index is 1690. The van der Waals surface area contributed by atoms with Crippen LogP contribution in [0, 0.1) is 35.0 Å². The number of halogens is 7. The van der Waals surface area contributed by atoms with Crippen LogP contribution in [0.4, 0.5) is 30.7 Å². The van der Waals surface area contributed by atoms with E-state index in [1.54, 1.807) is 24.3 Å². The summed E-state index contributed by atoms with van der Waals surface area (Å²) in [4.78, 5) is 0. The third kappa shape index (κ3) is 7.80. The maximum atomic E-state index is 15.2. The highest BCUT2D eigenvalue weighted by Crippen LogP contribution is 2.39. The van der Waals surface area contributed by atoms with E-state index in [4.69, 9.17) is 14.2 Å². The Hall–Kier alpha value is -4.35. The third-order valence-corrected chi connectivity index (χ3v) is 7.58. The maximum Gasteiger partial charge on any atom is 0.432 e. The van der Waals surface area contributed by atoms with Crippen LogP contribution in [0.5, 0.6) is 11.5 Å². The fourth-order valence-corrected chi connectivity index (χ4v) is 5.25. The Morgan fingerprint density at radius 3 is 1.94 bits per heavy atom. The molecule has 1 saturated heterocycles. The van der Waals surface area contributed by atoms with Crippen LogP contribution in [0.15, 0.2) is 78.9 Å². The van der Waals surface area contributed by atoms with Gasteiger partial charge in [-0.15, -0.1) is 0 Å². The molecule has 5 rings (SSSR count). The Balaban J connectivity index is 1.30. The van der Waals surface area contributed by atoms with Crippen LogP contribution >= 0.6 is 0 Å². The summed E-state index contributed by atoms with van der Waals surface area (Å²) in [5.74, 6) is -8.60. The van der Waals surface area contributed by atoms with Crippen molar-refractivity contribution in [1.82, 2.24) is 0 Å². The number of alkyl halides is 2. The van der Waals surface area contributed by atoms with Crippen LogP contribution < -0.4 is 9.47 Å². The first-order valence-corrected chi connectivity index (χ1v) is 14.9. The van der Waals surface area contributed by atoms with Crippen molar-refractivity contribution in [1.29, 1.82) is 0 Å². The summed E-state index contributed by atoms with van der Waals surface area (Å²) >= 11 is 0. The molecule has 4 aromatic rings. The molecule has 4 aromatic carbocycles. The van der Waals surface area contributed by atoms with Gasteiger partial charge >= 0.3 is 6.11 Å². The van der Waals surface area contributed by atoms with E-state index in [0.29, 0.717) is 54.5 Å². The summed E-state index contributed by atoms with van der Waals surface area (Å²) in [6.45, 7) is 4.48. The van der Waals surface area contributed by atoms with Crippen LogP contribution in [0.1, 0.15) is 44.1 Å². The van der Waals surface area contributed by atoms with Crippen LogP contribution in [-0.2, 0) is 15.6 Å². The van der Waals surface area contributed by atoms with Gasteiger partial charge in [-0.1, -0.05) is 48.6 Å². The van der Waals surface area contributed by atoms with E-state index >= 15 is 4.39 Å². The molecule has 0 unspecified atom stereocenters. The molecule has 0 amide bonds. The van der Waals surface area contributed by atoms with Crippen molar-refractivity contribution in [2.24, 2.45) is 5.92 Å². The fraction of sp³-hybridized carbons (Fsp3) is 0.278. The lowest BCUT2D eigenvalue weighted by atomic mass is 9.97. The highest BCUT2D eigenvalue weighted by molar-refractivity contribution is 5.71. The second-order valence-corrected chi connectivity index (χ2v) is 10.9. The second-order valence-electron chi connectivity index (χ2n) is 10.9. The van der Waals surface area contributed by atoms with Crippen molar-refractivity contribution in [3.8, 4) is 33.8 Å². The Morgan fingerprint density at radius 2 is 1.36 bits per heavy atom. The summed E-state index contributed by atoms with van der Waals surface area (Å²) in [6.07, 6.45) is 0.836. The smallest absolute Gasteiger partial charge is 0.432 e. The predicted molar refractivity (Wildman–Crippen MR) is 161 cm³/mol. The zero-order chi connectivity index (χ0) is 33.7. The van der Waals surface area contributed by atoms with E-state index in [1.165, 1.54) is 19.1 Å². The van der Waals surface area contributed by atoms with Crippen molar-refractivity contribution < 1.29 is 49.7 Å². The second kappa shape index (κ2) is 14.6. The van der Waals surface area contributed by atoms with Gasteiger partial charge in [0.05, 0.1) is 19.8 Å². The number of allylic oxidation sites excluding steroid dienone is 2. The van der Waals surface area contributed by atoms with Crippen LogP contribution in [0.3, 0.4) is 0 Å². The molecular weight excluding hydrogens is 629 g/mol. The van der Waals surface area contributed by atoms with E-state index < -0.39 is 58.5 Å². The van der Waals surface area contributed by atoms with Crippen LogP contribution in [0.25, 0.3) is 22.3 Å². The Morgan fingerprint density at radius 1 is 0.766 bits per heavy atom. The largest absolute Gasteiger partial charge is 0.488 e. The minimum Gasteiger partial charge on any atom is -0.488 e. The summed E-state index contributed by atoms with van der Waals surface area (Å²) in [5, 5.41) is 0. The minimum absolute atomic E-state index is 0.103. The molecule has 0 aliphatic carbocycles. The quantitative estimate of drug-likeness (QED) is 0.119. The van der Waals surface area contributed by atoms with E-state index in [1.807, 2.05) is 13.0 Å². The van der Waals surface area contributed by atoms with Crippen molar-refractivity contribution in [3.05, 3.63) is 119 Å². The van der Waals surface area contributed by atoms with Gasteiger partial charge in [-0.25, -0.2) is 22.0 Å². The van der Waals surface area contributed by atoms with Crippen LogP contribution in [0.2, 0.25) is 0 Å². The first kappa shape index (κ1) is 34.0. The van der Waals surface area contributed by atoms with Crippen LogP contribution in [-0.4, -0.2) is 19.8 Å². The van der Waals surface area contributed by atoms with E-state index in [9.17, 15) is 26.3 Å². The summed E-state index contributed by atoms with van der Waals surface area (Å²) in [6, 6.07) is 12.9. The molecule has 0 spiro atoms. The Labute approximate surface area is 267 Å². The number of ether oxygens (including phenoxy) is 4. The first-order valence-electron chi connectivity index (χ1n) is 14.9. The molecule has 11 heteroatoms. The predicted octanol–water partition coefficient (Wildman–Crippen LogP) is 10.3. The third-order valence-electron chi connectivity index (χ3n) is 7.58. The molecule has 0 saturated carbocycles. The summed E-state index contributed by atoms with van der Waals surface area (Å²) < 4.78 is 124. The van der Waals surface area contributed by atoms with Gasteiger partial charge in [0, 0.05) is 29.2 Å². The lowest BCUT2D eigenvalue weighted by Gasteiger charge is -2.29. The molecule has 0 bridgehead atoms. The molecular formula is C36H31F7O4. The highest BCUT2D eigenvalue weighted by Gasteiger charge is 2.41. The molecule has 47 heavy (non-hydrogen) atoms. The normalized spacial score (nSPS) is 16.9. The van der Waals surface area contributed by atoms with Gasteiger partial charge in [-0.05, 0) is 61.6 Å². The molecule has 1 aliphatic heterocycles. The van der Waals surface area contributed by atoms with Crippen molar-refractivity contribution in [2.45, 2.75) is 39.1 Å². The lowest BCUT2D eigenvalue weighted by molar-refractivity contribution is -0.205. The van der Waals surface area contributed by atoms with E-state index in [2.05, 4.69) is 10.8 Å². The minimum atomic E-state index is -4.69. The number of hydrogen-bond acceptors (Lipinski definition) is 4. The molecule has 4 nitrogen and oxygen atoms in total. The molecule has 0 radical (unpaired) electrons. The molecule has 0 aromatic heterocycles. The number of benzene rings is 4. The fourth-order valence-electron chi connectivity index (χ4n) is 5.25. The van der Waals surface area contributed by atoms with E-state index in [-0.39, 0.29) is 17.7 Å². The average Bonchev–Trinajstić information content (AvgIpc) is 3.02. The van der Waals surface area contributed by atoms with Gasteiger partial charge in [0.2, 0.25) is 0 Å². The molecule has 1 aliphatic rings. The topological polar surface area (TPSA) is 36.9 Å².